The molecule has 3 aromatic rings. The van der Waals surface area contributed by atoms with Crippen molar-refractivity contribution in [1.82, 2.24) is 4.98 Å². The highest BCUT2D eigenvalue weighted by molar-refractivity contribution is 7.15. The summed E-state index contributed by atoms with van der Waals surface area (Å²) in [4.78, 5) is 41.1. The number of ether oxygens (including phenoxy) is 1. The molecule has 1 aromatic carbocycles. The number of amides is 2. The number of nitrogens with zero attached hydrogens (tertiary/aromatic N) is 1. The molecule has 28 heavy (non-hydrogen) atoms. The molecule has 0 spiro atoms. The molecular weight excluding hydrogens is 398 g/mol. The van der Waals surface area contributed by atoms with Crippen molar-refractivity contribution >= 4 is 45.5 Å². The topological polar surface area (TPSA) is 111 Å². The first kappa shape index (κ1) is 19.7. The maximum absolute atomic E-state index is 12.6. The lowest BCUT2D eigenvalue weighted by molar-refractivity contribution is -0.123. The highest BCUT2D eigenvalue weighted by Gasteiger charge is 2.25. The van der Waals surface area contributed by atoms with E-state index in [1.165, 1.54) is 24.3 Å². The number of hydrogen-bond donors (Lipinski definition) is 2. The number of aryl methyl sites for hydroxylation is 1. The highest BCUT2D eigenvalue weighted by atomic mass is 32.1. The van der Waals surface area contributed by atoms with E-state index in [1.807, 2.05) is 30.3 Å². The molecule has 7 nitrogen and oxygen atoms in total. The van der Waals surface area contributed by atoms with Gasteiger partial charge in [0, 0.05) is 5.56 Å². The van der Waals surface area contributed by atoms with Crippen molar-refractivity contribution < 1.29 is 19.1 Å². The largest absolute Gasteiger partial charge is 0.448 e. The number of rotatable bonds is 6. The fourth-order valence-corrected chi connectivity index (χ4v) is 4.06. The molecule has 0 aliphatic carbocycles. The van der Waals surface area contributed by atoms with Gasteiger partial charge in [-0.2, -0.15) is 0 Å². The van der Waals surface area contributed by atoms with Gasteiger partial charge in [-0.1, -0.05) is 30.3 Å². The maximum atomic E-state index is 12.6. The summed E-state index contributed by atoms with van der Waals surface area (Å²) in [5.74, 6) is -1.83. The third-order valence-corrected chi connectivity index (χ3v) is 5.57. The van der Waals surface area contributed by atoms with Crippen LogP contribution in [0.2, 0.25) is 0 Å². The molecule has 0 unspecified atom stereocenters. The van der Waals surface area contributed by atoms with Gasteiger partial charge in [-0.05, 0) is 25.3 Å². The fourth-order valence-electron chi connectivity index (χ4n) is 2.44. The predicted molar refractivity (Wildman–Crippen MR) is 109 cm³/mol. The predicted octanol–water partition coefficient (Wildman–Crippen LogP) is 3.46. The van der Waals surface area contributed by atoms with Crippen LogP contribution in [-0.4, -0.2) is 28.9 Å². The molecule has 2 aromatic heterocycles. The molecule has 0 bridgehead atoms. The van der Waals surface area contributed by atoms with Crippen molar-refractivity contribution in [3.63, 3.8) is 0 Å². The number of benzene rings is 1. The summed E-state index contributed by atoms with van der Waals surface area (Å²) in [6, 6.07) is 10.8. The molecule has 0 saturated heterocycles. The molecule has 0 aliphatic heterocycles. The van der Waals surface area contributed by atoms with Gasteiger partial charge in [0.05, 0.1) is 16.3 Å². The summed E-state index contributed by atoms with van der Waals surface area (Å²) in [6.45, 7) is 3.26. The monoisotopic (exact) mass is 415 g/mol. The lowest BCUT2D eigenvalue weighted by Gasteiger charge is -2.13. The number of thiophene rings is 1. The molecule has 2 amide bonds. The Bertz CT molecular complexity index is 1030. The Morgan fingerprint density at radius 1 is 1.18 bits per heavy atom. The second kappa shape index (κ2) is 8.32. The summed E-state index contributed by atoms with van der Waals surface area (Å²) in [5, 5.41) is 5.24. The number of nitrogens with two attached hydrogens (primary N) is 1. The summed E-state index contributed by atoms with van der Waals surface area (Å²) >= 11 is 2.37. The Morgan fingerprint density at radius 2 is 1.89 bits per heavy atom. The molecule has 1 atom stereocenters. The van der Waals surface area contributed by atoms with E-state index in [0.717, 1.165) is 16.9 Å². The Hall–Kier alpha value is -3.04. The quantitative estimate of drug-likeness (QED) is 0.599. The molecule has 2 heterocycles. The van der Waals surface area contributed by atoms with E-state index in [-0.39, 0.29) is 5.56 Å². The van der Waals surface area contributed by atoms with Crippen molar-refractivity contribution in [3.8, 4) is 11.3 Å². The maximum Gasteiger partial charge on any atom is 0.351 e. The first-order valence-corrected chi connectivity index (χ1v) is 9.98. The third kappa shape index (κ3) is 4.26. The van der Waals surface area contributed by atoms with Crippen LogP contribution in [-0.2, 0) is 9.53 Å². The van der Waals surface area contributed by atoms with Gasteiger partial charge in [0.15, 0.2) is 6.10 Å². The van der Waals surface area contributed by atoms with Crippen LogP contribution in [0.4, 0.5) is 5.00 Å². The minimum Gasteiger partial charge on any atom is -0.448 e. The molecule has 0 fully saturated rings. The second-order valence-electron chi connectivity index (χ2n) is 5.84. The van der Waals surface area contributed by atoms with Gasteiger partial charge in [0.25, 0.3) is 11.8 Å². The van der Waals surface area contributed by atoms with Crippen molar-refractivity contribution in [1.29, 1.82) is 0 Å². The van der Waals surface area contributed by atoms with E-state index < -0.39 is 23.9 Å². The average Bonchev–Trinajstić information content (AvgIpc) is 3.29. The van der Waals surface area contributed by atoms with Crippen LogP contribution in [0.1, 0.15) is 32.0 Å². The Balaban J connectivity index is 1.73. The van der Waals surface area contributed by atoms with Crippen molar-refractivity contribution in [2.75, 3.05) is 5.32 Å². The van der Waals surface area contributed by atoms with Crippen LogP contribution in [0, 0.1) is 6.92 Å². The lowest BCUT2D eigenvalue weighted by Crippen LogP contribution is -2.30. The summed E-state index contributed by atoms with van der Waals surface area (Å²) in [5.41, 5.74) is 6.79. The van der Waals surface area contributed by atoms with Gasteiger partial charge >= 0.3 is 5.97 Å². The number of esters is 1. The van der Waals surface area contributed by atoms with Crippen LogP contribution in [0.15, 0.2) is 41.8 Å². The normalized spacial score (nSPS) is 11.6. The standard InChI is InChI=1S/C19H17N3O4S2/c1-10(17(24)22-18-13(16(20)23)8-9-27-18)26-19(25)15-14(21-11(2)28-15)12-6-4-3-5-7-12/h3-10H,1-2H3,(H2,20,23)(H,22,24)/t10-/m0/s1. The minimum atomic E-state index is -1.07. The van der Waals surface area contributed by atoms with Crippen molar-refractivity contribution in [2.24, 2.45) is 5.73 Å². The van der Waals surface area contributed by atoms with Gasteiger partial charge in [0.1, 0.15) is 9.88 Å². The fraction of sp³-hybridized carbons (Fsp3) is 0.158. The van der Waals surface area contributed by atoms with E-state index in [2.05, 4.69) is 10.3 Å². The Morgan fingerprint density at radius 3 is 2.57 bits per heavy atom. The molecule has 0 aliphatic rings. The van der Waals surface area contributed by atoms with Crippen LogP contribution >= 0.6 is 22.7 Å². The summed E-state index contributed by atoms with van der Waals surface area (Å²) < 4.78 is 5.33. The average molecular weight is 415 g/mol. The number of hydrogen-bond acceptors (Lipinski definition) is 7. The molecule has 3 N–H and O–H groups in total. The summed E-state index contributed by atoms with van der Waals surface area (Å²) in [7, 11) is 0. The number of nitrogens with one attached hydrogen (secondary N) is 1. The first-order chi connectivity index (χ1) is 13.4. The Kier molecular flexibility index (Phi) is 5.86. The molecular formula is C19H17N3O4S2. The molecule has 144 valence electrons. The van der Waals surface area contributed by atoms with Crippen LogP contribution < -0.4 is 11.1 Å². The second-order valence-corrected chi connectivity index (χ2v) is 7.96. The van der Waals surface area contributed by atoms with Crippen molar-refractivity contribution in [2.45, 2.75) is 20.0 Å². The number of thiazole rings is 1. The number of primary amides is 1. The zero-order valence-corrected chi connectivity index (χ0v) is 16.7. The van der Waals surface area contributed by atoms with Crippen LogP contribution in [0.3, 0.4) is 0 Å². The van der Waals surface area contributed by atoms with E-state index in [0.29, 0.717) is 20.6 Å². The van der Waals surface area contributed by atoms with Crippen molar-refractivity contribution in [3.05, 3.63) is 57.2 Å². The molecule has 0 saturated carbocycles. The van der Waals surface area contributed by atoms with Crippen LogP contribution in [0.25, 0.3) is 11.3 Å². The molecule has 9 heteroatoms. The van der Waals surface area contributed by atoms with E-state index in [1.54, 1.807) is 12.3 Å². The van der Waals surface area contributed by atoms with Gasteiger partial charge in [-0.3, -0.25) is 9.59 Å². The number of anilines is 1. The third-order valence-electron chi connectivity index (χ3n) is 3.79. The smallest absolute Gasteiger partial charge is 0.351 e. The van der Waals surface area contributed by atoms with Gasteiger partial charge in [-0.25, -0.2) is 9.78 Å². The number of carbonyl (C=O) groups excluding carboxylic acids is 3. The van der Waals surface area contributed by atoms with E-state index in [9.17, 15) is 14.4 Å². The SMILES string of the molecule is Cc1nc(-c2ccccc2)c(C(=O)O[C@@H](C)C(=O)Nc2sccc2C(N)=O)s1. The Labute approximate surface area is 169 Å². The minimum absolute atomic E-state index is 0.210. The van der Waals surface area contributed by atoms with E-state index in [4.69, 9.17) is 10.5 Å². The molecule has 0 radical (unpaired) electrons. The zero-order valence-electron chi connectivity index (χ0n) is 15.1. The van der Waals surface area contributed by atoms with E-state index >= 15 is 0 Å². The molecule has 3 rings (SSSR count). The lowest BCUT2D eigenvalue weighted by atomic mass is 10.1. The first-order valence-electron chi connectivity index (χ1n) is 8.28. The van der Waals surface area contributed by atoms with Gasteiger partial charge < -0.3 is 15.8 Å². The van der Waals surface area contributed by atoms with Gasteiger partial charge in [-0.15, -0.1) is 22.7 Å². The highest BCUT2D eigenvalue weighted by Crippen LogP contribution is 2.29. The zero-order chi connectivity index (χ0) is 20.3. The summed E-state index contributed by atoms with van der Waals surface area (Å²) in [6.07, 6.45) is -1.07. The van der Waals surface area contributed by atoms with Crippen LogP contribution in [0.5, 0.6) is 0 Å². The number of aromatic nitrogens is 1. The van der Waals surface area contributed by atoms with Gasteiger partial charge in [0.2, 0.25) is 0 Å². The number of carbonyl (C=O) groups is 3.